The molecule has 3 heterocycles. The molecule has 140 valence electrons. The Morgan fingerprint density at radius 3 is 2.72 bits per heavy atom. The van der Waals surface area contributed by atoms with Crippen molar-refractivity contribution in [2.45, 2.75) is 82.6 Å². The van der Waals surface area contributed by atoms with Crippen molar-refractivity contribution in [3.63, 3.8) is 0 Å². The van der Waals surface area contributed by atoms with Crippen molar-refractivity contribution in [1.82, 2.24) is 15.3 Å². The molecule has 3 atom stereocenters. The Morgan fingerprint density at radius 1 is 1.12 bits per heavy atom. The molecule has 4 nitrogen and oxygen atoms in total. The quantitative estimate of drug-likeness (QED) is 0.834. The van der Waals surface area contributed by atoms with Crippen LogP contribution in [0.25, 0.3) is 0 Å². The van der Waals surface area contributed by atoms with Crippen molar-refractivity contribution in [3.8, 4) is 0 Å². The third-order valence-corrected chi connectivity index (χ3v) is 6.98. The summed E-state index contributed by atoms with van der Waals surface area (Å²) in [5.41, 5.74) is 1.39. The Hall–Kier alpha value is -0.870. The van der Waals surface area contributed by atoms with Crippen LogP contribution >= 0.6 is 0 Å². The van der Waals surface area contributed by atoms with Crippen LogP contribution in [0.15, 0.2) is 6.20 Å². The van der Waals surface area contributed by atoms with E-state index in [1.54, 1.807) is 0 Å². The Labute approximate surface area is 152 Å². The third kappa shape index (κ3) is 4.28. The maximum Gasteiger partial charge on any atom is 0.109 e. The molecule has 2 saturated heterocycles. The second kappa shape index (κ2) is 8.22. The molecule has 3 fully saturated rings. The van der Waals surface area contributed by atoms with Gasteiger partial charge >= 0.3 is 0 Å². The fraction of sp³-hybridized carbons (Fsp3) is 0.857. The summed E-state index contributed by atoms with van der Waals surface area (Å²) in [6.45, 7) is 5.52. The number of hydrogen-bond acceptors (Lipinski definition) is 3. The normalized spacial score (nSPS) is 34.9. The molecule has 2 aliphatic heterocycles. The molecule has 2 N–H and O–H groups in total. The molecule has 4 heteroatoms. The Morgan fingerprint density at radius 2 is 2.00 bits per heavy atom. The number of piperidine rings is 1. The van der Waals surface area contributed by atoms with Gasteiger partial charge in [0, 0.05) is 43.0 Å². The highest BCUT2D eigenvalue weighted by molar-refractivity contribution is 5.11. The van der Waals surface area contributed by atoms with Gasteiger partial charge in [0.05, 0.1) is 0 Å². The number of nitrogens with one attached hydrogen (secondary N) is 2. The van der Waals surface area contributed by atoms with Gasteiger partial charge in [-0.1, -0.05) is 13.3 Å². The number of nitrogens with zero attached hydrogens (tertiary/aromatic N) is 1. The van der Waals surface area contributed by atoms with Crippen LogP contribution in [-0.2, 0) is 4.74 Å². The molecule has 0 spiro atoms. The molecular formula is C21H35N3O. The summed E-state index contributed by atoms with van der Waals surface area (Å²) in [5, 5.41) is 3.67. The van der Waals surface area contributed by atoms with Gasteiger partial charge in [0.25, 0.3) is 0 Å². The van der Waals surface area contributed by atoms with E-state index in [4.69, 9.17) is 9.72 Å². The van der Waals surface area contributed by atoms with Crippen LogP contribution in [-0.4, -0.2) is 35.8 Å². The zero-order chi connectivity index (χ0) is 17.1. The standard InChI is InChI=1S/C21H35N3O/c1-15(12-19-4-2-3-10-22-19)21-23-13-20(24-21)17-7-5-16(6-8-17)18-9-11-25-14-18/h13,15-19,22H,2-12,14H2,1H3,(H,23,24)/t15-,16?,17?,18?,19?/m0/s1. The Balaban J connectivity index is 1.29. The molecule has 0 radical (unpaired) electrons. The molecule has 4 rings (SSSR count). The van der Waals surface area contributed by atoms with Gasteiger partial charge in [0.2, 0.25) is 0 Å². The predicted molar refractivity (Wildman–Crippen MR) is 101 cm³/mol. The maximum atomic E-state index is 5.59. The first-order valence-corrected chi connectivity index (χ1v) is 10.7. The summed E-state index contributed by atoms with van der Waals surface area (Å²) in [6, 6.07) is 0.682. The van der Waals surface area contributed by atoms with Crippen molar-refractivity contribution < 1.29 is 4.74 Å². The van der Waals surface area contributed by atoms with E-state index < -0.39 is 0 Å². The molecular weight excluding hydrogens is 310 g/mol. The van der Waals surface area contributed by atoms with Gasteiger partial charge in [-0.2, -0.15) is 0 Å². The molecule has 2 unspecified atom stereocenters. The van der Waals surface area contributed by atoms with Crippen LogP contribution in [0.4, 0.5) is 0 Å². The molecule has 0 amide bonds. The first-order valence-electron chi connectivity index (χ1n) is 10.7. The molecule has 1 saturated carbocycles. The maximum absolute atomic E-state index is 5.59. The second-order valence-corrected chi connectivity index (χ2v) is 8.74. The lowest BCUT2D eigenvalue weighted by atomic mass is 9.75. The minimum atomic E-state index is 0.524. The highest BCUT2D eigenvalue weighted by atomic mass is 16.5. The van der Waals surface area contributed by atoms with E-state index in [0.29, 0.717) is 17.9 Å². The Kier molecular flexibility index (Phi) is 5.76. The summed E-state index contributed by atoms with van der Waals surface area (Å²) >= 11 is 0. The first kappa shape index (κ1) is 17.5. The second-order valence-electron chi connectivity index (χ2n) is 8.74. The van der Waals surface area contributed by atoms with E-state index in [1.807, 2.05) is 0 Å². The summed E-state index contributed by atoms with van der Waals surface area (Å²) in [7, 11) is 0. The smallest absolute Gasteiger partial charge is 0.109 e. The van der Waals surface area contributed by atoms with Crippen LogP contribution < -0.4 is 5.32 Å². The molecule has 1 aromatic rings. The lowest BCUT2D eigenvalue weighted by Gasteiger charge is -2.31. The van der Waals surface area contributed by atoms with Crippen molar-refractivity contribution in [3.05, 3.63) is 17.7 Å². The highest BCUT2D eigenvalue weighted by Crippen LogP contribution is 2.40. The van der Waals surface area contributed by atoms with Gasteiger partial charge in [-0.15, -0.1) is 0 Å². The van der Waals surface area contributed by atoms with Gasteiger partial charge in [0.1, 0.15) is 5.82 Å². The highest BCUT2D eigenvalue weighted by Gasteiger charge is 2.31. The lowest BCUT2D eigenvalue weighted by molar-refractivity contribution is 0.156. The molecule has 1 aliphatic carbocycles. The van der Waals surface area contributed by atoms with Gasteiger partial charge < -0.3 is 15.0 Å². The number of rotatable bonds is 5. The Bertz CT molecular complexity index is 523. The van der Waals surface area contributed by atoms with Gasteiger partial charge in [-0.3, -0.25) is 0 Å². The van der Waals surface area contributed by atoms with E-state index in [0.717, 1.165) is 25.0 Å². The number of H-pyrrole nitrogens is 1. The van der Waals surface area contributed by atoms with Gasteiger partial charge in [0.15, 0.2) is 0 Å². The number of imidazole rings is 1. The molecule has 0 aromatic carbocycles. The third-order valence-electron chi connectivity index (χ3n) is 6.98. The van der Waals surface area contributed by atoms with E-state index >= 15 is 0 Å². The van der Waals surface area contributed by atoms with Crippen LogP contribution in [0.3, 0.4) is 0 Å². The monoisotopic (exact) mass is 345 g/mol. The summed E-state index contributed by atoms with van der Waals surface area (Å²) in [4.78, 5) is 8.44. The largest absolute Gasteiger partial charge is 0.381 e. The van der Waals surface area contributed by atoms with E-state index in [9.17, 15) is 0 Å². The zero-order valence-corrected chi connectivity index (χ0v) is 15.8. The molecule has 1 aromatic heterocycles. The zero-order valence-electron chi connectivity index (χ0n) is 15.8. The average molecular weight is 346 g/mol. The number of ether oxygens (including phenoxy) is 1. The lowest BCUT2D eigenvalue weighted by Crippen LogP contribution is -2.35. The van der Waals surface area contributed by atoms with Crippen molar-refractivity contribution >= 4 is 0 Å². The average Bonchev–Trinajstić information content (AvgIpc) is 3.35. The molecule has 3 aliphatic rings. The number of hydrogen-bond donors (Lipinski definition) is 2. The predicted octanol–water partition coefficient (Wildman–Crippen LogP) is 4.36. The molecule has 25 heavy (non-hydrogen) atoms. The van der Waals surface area contributed by atoms with Crippen molar-refractivity contribution in [2.75, 3.05) is 19.8 Å². The van der Waals surface area contributed by atoms with Crippen molar-refractivity contribution in [2.24, 2.45) is 11.8 Å². The number of aromatic amines is 1. The van der Waals surface area contributed by atoms with Crippen LogP contribution in [0, 0.1) is 11.8 Å². The summed E-state index contributed by atoms with van der Waals surface area (Å²) in [6.07, 6.45) is 14.1. The van der Waals surface area contributed by atoms with Gasteiger partial charge in [-0.25, -0.2) is 4.98 Å². The van der Waals surface area contributed by atoms with Gasteiger partial charge in [-0.05, 0) is 69.7 Å². The molecule has 0 bridgehead atoms. The van der Waals surface area contributed by atoms with E-state index in [2.05, 4.69) is 23.4 Å². The van der Waals surface area contributed by atoms with Crippen LogP contribution in [0.1, 0.15) is 88.1 Å². The van der Waals surface area contributed by atoms with Crippen molar-refractivity contribution in [1.29, 1.82) is 0 Å². The number of aromatic nitrogens is 2. The SMILES string of the molecule is C[C@@H](CC1CCCCN1)c1ncc(C2CCC(C3CCOC3)CC2)[nH]1. The fourth-order valence-electron chi connectivity index (χ4n) is 5.30. The summed E-state index contributed by atoms with van der Waals surface area (Å²) < 4.78 is 5.59. The minimum Gasteiger partial charge on any atom is -0.381 e. The summed E-state index contributed by atoms with van der Waals surface area (Å²) in [5.74, 6) is 4.16. The van der Waals surface area contributed by atoms with Crippen LogP contribution in [0.5, 0.6) is 0 Å². The fourth-order valence-corrected chi connectivity index (χ4v) is 5.30. The van der Waals surface area contributed by atoms with Crippen LogP contribution in [0.2, 0.25) is 0 Å². The van der Waals surface area contributed by atoms with E-state index in [1.165, 1.54) is 75.9 Å². The first-order chi connectivity index (χ1) is 12.3. The minimum absolute atomic E-state index is 0.524. The topological polar surface area (TPSA) is 49.9 Å². The van der Waals surface area contributed by atoms with E-state index in [-0.39, 0.29) is 0 Å².